The number of fused-ring (bicyclic) bond motifs is 4. The van der Waals surface area contributed by atoms with Crippen molar-refractivity contribution in [2.24, 2.45) is 5.92 Å². The largest absolute Gasteiger partial charge is 0.489 e. The highest BCUT2D eigenvalue weighted by molar-refractivity contribution is 7.19. The number of carbonyl (C=O) groups excluding carboxylic acids is 1. The lowest BCUT2D eigenvalue weighted by molar-refractivity contribution is -0.223. The molecule has 9 nitrogen and oxygen atoms in total. The topological polar surface area (TPSA) is 105 Å². The number of nitrogens with zero attached hydrogens (tertiary/aromatic N) is 4. The first kappa shape index (κ1) is 22.0. The first-order valence-electron chi connectivity index (χ1n) is 12.6. The van der Waals surface area contributed by atoms with Gasteiger partial charge in [0.2, 0.25) is 5.91 Å². The van der Waals surface area contributed by atoms with Gasteiger partial charge in [0.1, 0.15) is 28.3 Å². The van der Waals surface area contributed by atoms with Crippen molar-refractivity contribution in [3.63, 3.8) is 0 Å². The SMILES string of the molecule is CC(C)Oc1cc2[nH]ncc2cc1Nc1ncnc2sc3c(c12)CCC(C(=O)N1CC2(CCO2)C1)C3. The minimum Gasteiger partial charge on any atom is -0.489 e. The highest BCUT2D eigenvalue weighted by Crippen LogP contribution is 2.43. The number of H-pyrrole nitrogens is 1. The number of anilines is 2. The molecule has 4 aromatic rings. The Labute approximate surface area is 212 Å². The van der Waals surface area contributed by atoms with E-state index >= 15 is 0 Å². The van der Waals surface area contributed by atoms with E-state index in [0.29, 0.717) is 0 Å². The molecule has 0 saturated carbocycles. The van der Waals surface area contributed by atoms with Gasteiger partial charge in [-0.05, 0) is 44.7 Å². The van der Waals surface area contributed by atoms with Crippen LogP contribution in [0.1, 0.15) is 37.1 Å². The number of carbonyl (C=O) groups is 1. The van der Waals surface area contributed by atoms with Crippen LogP contribution in [0.3, 0.4) is 0 Å². The number of thiophene rings is 1. The van der Waals surface area contributed by atoms with Crippen LogP contribution in [-0.2, 0) is 22.4 Å². The van der Waals surface area contributed by atoms with Crippen molar-refractivity contribution >= 4 is 49.9 Å². The van der Waals surface area contributed by atoms with E-state index in [0.717, 1.165) is 83.8 Å². The Bertz CT molecular complexity index is 1480. The van der Waals surface area contributed by atoms with Crippen molar-refractivity contribution in [3.8, 4) is 5.75 Å². The molecule has 0 radical (unpaired) electrons. The van der Waals surface area contributed by atoms with E-state index in [1.165, 1.54) is 10.4 Å². The van der Waals surface area contributed by atoms with Gasteiger partial charge in [0.05, 0.1) is 48.6 Å². The summed E-state index contributed by atoms with van der Waals surface area (Å²) in [5.41, 5.74) is 3.00. The number of hydrogen-bond acceptors (Lipinski definition) is 8. The average molecular weight is 505 g/mol. The molecule has 2 fully saturated rings. The molecule has 10 heteroatoms. The number of aryl methyl sites for hydroxylation is 1. The molecule has 7 rings (SSSR count). The molecule has 2 N–H and O–H groups in total. The molecule has 2 saturated heterocycles. The zero-order valence-electron chi connectivity index (χ0n) is 20.3. The van der Waals surface area contributed by atoms with Crippen LogP contribution in [0.2, 0.25) is 0 Å². The van der Waals surface area contributed by atoms with Gasteiger partial charge in [0.25, 0.3) is 0 Å². The molecule has 1 atom stereocenters. The molecule has 1 aromatic carbocycles. The fourth-order valence-electron chi connectivity index (χ4n) is 5.67. The number of rotatable bonds is 5. The van der Waals surface area contributed by atoms with Gasteiger partial charge in [-0.1, -0.05) is 0 Å². The Balaban J connectivity index is 1.18. The highest BCUT2D eigenvalue weighted by atomic mass is 32.1. The summed E-state index contributed by atoms with van der Waals surface area (Å²) >= 11 is 1.68. The van der Waals surface area contributed by atoms with Gasteiger partial charge < -0.3 is 19.7 Å². The van der Waals surface area contributed by atoms with Gasteiger partial charge in [-0.15, -0.1) is 11.3 Å². The normalized spacial score (nSPS) is 20.4. The minimum absolute atomic E-state index is 0.0249. The molecule has 1 aliphatic carbocycles. The summed E-state index contributed by atoms with van der Waals surface area (Å²) < 4.78 is 11.8. The zero-order valence-corrected chi connectivity index (χ0v) is 21.2. The lowest BCUT2D eigenvalue weighted by Gasteiger charge is -2.55. The fourth-order valence-corrected chi connectivity index (χ4v) is 6.93. The van der Waals surface area contributed by atoms with Crippen molar-refractivity contribution in [2.45, 2.75) is 51.2 Å². The highest BCUT2D eigenvalue weighted by Gasteiger charge is 2.51. The second-order valence-electron chi connectivity index (χ2n) is 10.4. The van der Waals surface area contributed by atoms with Gasteiger partial charge in [-0.3, -0.25) is 9.89 Å². The van der Waals surface area contributed by atoms with Gasteiger partial charge in [0, 0.05) is 28.7 Å². The number of amides is 1. The van der Waals surface area contributed by atoms with Crippen molar-refractivity contribution in [2.75, 3.05) is 25.0 Å². The molecule has 2 aliphatic heterocycles. The van der Waals surface area contributed by atoms with E-state index in [1.54, 1.807) is 23.9 Å². The molecule has 1 unspecified atom stereocenters. The molecule has 186 valence electrons. The van der Waals surface area contributed by atoms with E-state index in [9.17, 15) is 4.79 Å². The maximum atomic E-state index is 13.2. The lowest BCUT2D eigenvalue weighted by Crippen LogP contribution is -2.70. The number of benzene rings is 1. The Hall–Kier alpha value is -3.24. The predicted octanol–water partition coefficient (Wildman–Crippen LogP) is 4.20. The minimum atomic E-state index is -0.0269. The number of aromatic amines is 1. The average Bonchev–Trinajstić information content (AvgIpc) is 3.40. The summed E-state index contributed by atoms with van der Waals surface area (Å²) in [6.07, 6.45) is 6.97. The van der Waals surface area contributed by atoms with Crippen molar-refractivity contribution in [1.29, 1.82) is 0 Å². The number of ether oxygens (including phenoxy) is 2. The second-order valence-corrected chi connectivity index (χ2v) is 11.5. The van der Waals surface area contributed by atoms with Gasteiger partial charge >= 0.3 is 0 Å². The van der Waals surface area contributed by atoms with Crippen LogP contribution in [0.15, 0.2) is 24.7 Å². The Morgan fingerprint density at radius 2 is 2.19 bits per heavy atom. The Morgan fingerprint density at radius 1 is 1.33 bits per heavy atom. The van der Waals surface area contributed by atoms with Crippen molar-refractivity contribution in [3.05, 3.63) is 35.1 Å². The summed E-state index contributed by atoms with van der Waals surface area (Å²) in [7, 11) is 0. The molecule has 3 aromatic heterocycles. The predicted molar refractivity (Wildman–Crippen MR) is 138 cm³/mol. The Morgan fingerprint density at radius 3 is 2.97 bits per heavy atom. The molecule has 5 heterocycles. The van der Waals surface area contributed by atoms with E-state index in [-0.39, 0.29) is 23.5 Å². The zero-order chi connectivity index (χ0) is 24.4. The third kappa shape index (κ3) is 3.54. The van der Waals surface area contributed by atoms with Crippen molar-refractivity contribution < 1.29 is 14.3 Å². The summed E-state index contributed by atoms with van der Waals surface area (Å²) in [5, 5.41) is 12.7. The van der Waals surface area contributed by atoms with Gasteiger partial charge in [-0.2, -0.15) is 5.10 Å². The van der Waals surface area contributed by atoms with Crippen LogP contribution in [0, 0.1) is 5.92 Å². The lowest BCUT2D eigenvalue weighted by atomic mass is 9.82. The maximum Gasteiger partial charge on any atom is 0.226 e. The molecular formula is C26H28N6O3S. The van der Waals surface area contributed by atoms with Crippen molar-refractivity contribution in [1.82, 2.24) is 25.1 Å². The third-order valence-corrected chi connectivity index (χ3v) is 8.75. The van der Waals surface area contributed by atoms with E-state index in [2.05, 4.69) is 25.5 Å². The quantitative estimate of drug-likeness (QED) is 0.420. The summed E-state index contributed by atoms with van der Waals surface area (Å²) in [6, 6.07) is 4.00. The molecule has 3 aliphatic rings. The van der Waals surface area contributed by atoms with E-state index in [1.807, 2.05) is 30.9 Å². The summed E-state index contributed by atoms with van der Waals surface area (Å²) in [6.45, 7) is 6.35. The number of likely N-dealkylation sites (tertiary alicyclic amines) is 1. The second kappa shape index (κ2) is 8.14. The summed E-state index contributed by atoms with van der Waals surface area (Å²) in [5.74, 6) is 1.81. The maximum absolute atomic E-state index is 13.2. The van der Waals surface area contributed by atoms with Crippen LogP contribution in [-0.4, -0.2) is 62.4 Å². The van der Waals surface area contributed by atoms with Gasteiger partial charge in [-0.25, -0.2) is 9.97 Å². The monoisotopic (exact) mass is 504 g/mol. The number of hydrogen-bond donors (Lipinski definition) is 2. The molecule has 36 heavy (non-hydrogen) atoms. The van der Waals surface area contributed by atoms with Gasteiger partial charge in [0.15, 0.2) is 0 Å². The smallest absolute Gasteiger partial charge is 0.226 e. The molecule has 0 bridgehead atoms. The first-order valence-corrected chi connectivity index (χ1v) is 13.4. The fraction of sp³-hybridized carbons (Fsp3) is 0.462. The van der Waals surface area contributed by atoms with E-state index in [4.69, 9.17) is 9.47 Å². The molecule has 1 spiro atoms. The van der Waals surface area contributed by atoms with Crippen LogP contribution < -0.4 is 10.1 Å². The molecular weight excluding hydrogens is 476 g/mol. The van der Waals surface area contributed by atoms with E-state index < -0.39 is 0 Å². The number of aromatic nitrogens is 4. The Kier molecular flexibility index (Phi) is 4.97. The van der Waals surface area contributed by atoms with Crippen LogP contribution in [0.25, 0.3) is 21.1 Å². The number of nitrogens with one attached hydrogen (secondary N) is 2. The standard InChI is InChI=1S/C26H28N6O3S/c1-14(2)35-20-9-18-16(10-29-31-18)7-19(20)30-23-22-17-4-3-15(8-21(17)36-24(22)28-13-27-23)25(33)32-11-26(12-32)5-6-34-26/h7,9-10,13-15H,3-6,8,11-12H2,1-2H3,(H,29,31)(H,27,28,30). The molecule has 1 amide bonds. The third-order valence-electron chi connectivity index (χ3n) is 7.59. The van der Waals surface area contributed by atoms with Crippen LogP contribution in [0.5, 0.6) is 5.75 Å². The van der Waals surface area contributed by atoms with Crippen LogP contribution in [0.4, 0.5) is 11.5 Å². The van der Waals surface area contributed by atoms with Crippen LogP contribution >= 0.6 is 11.3 Å². The summed E-state index contributed by atoms with van der Waals surface area (Å²) in [4.78, 5) is 26.6. The first-order chi connectivity index (χ1) is 17.5.